The van der Waals surface area contributed by atoms with Crippen LogP contribution in [-0.4, -0.2) is 58.9 Å². The largest absolute Gasteiger partial charge is 0.508 e. The smallest absolute Gasteiger partial charge is 0.262 e. The number of phenols is 1. The van der Waals surface area contributed by atoms with E-state index in [9.17, 15) is 19.5 Å². The molecule has 34 heavy (non-hydrogen) atoms. The summed E-state index contributed by atoms with van der Waals surface area (Å²) in [5.74, 6) is -0.589. The lowest BCUT2D eigenvalue weighted by atomic mass is 10.0. The van der Waals surface area contributed by atoms with Crippen molar-refractivity contribution in [2.75, 3.05) is 13.2 Å². The number of benzene rings is 2. The van der Waals surface area contributed by atoms with Crippen LogP contribution in [0.4, 0.5) is 0 Å². The molecular formula is C24H26N2O5S3. The highest BCUT2D eigenvalue weighted by atomic mass is 32.1. The molecule has 2 aliphatic rings. The summed E-state index contributed by atoms with van der Waals surface area (Å²) >= 11 is 1.37. The van der Waals surface area contributed by atoms with Crippen molar-refractivity contribution < 1.29 is 24.2 Å². The fraction of sp³-hybridized carbons (Fsp3) is 0.292. The van der Waals surface area contributed by atoms with Gasteiger partial charge in [0.2, 0.25) is 5.91 Å². The first-order valence-corrected chi connectivity index (χ1v) is 11.3. The van der Waals surface area contributed by atoms with E-state index in [1.165, 1.54) is 11.3 Å². The van der Waals surface area contributed by atoms with E-state index >= 15 is 0 Å². The summed E-state index contributed by atoms with van der Waals surface area (Å²) in [7, 11) is 0. The van der Waals surface area contributed by atoms with Crippen molar-refractivity contribution in [3.8, 4) is 5.75 Å². The molecule has 0 saturated carbocycles. The number of nitrogens with one attached hydrogen (secondary N) is 1. The highest BCUT2D eigenvalue weighted by Crippen LogP contribution is 2.29. The second kappa shape index (κ2) is 10.8. The first kappa shape index (κ1) is 26.1. The minimum atomic E-state index is -0.843. The number of nitrogens with zero attached hydrogens (tertiary/aromatic N) is 1. The molecule has 0 bridgehead atoms. The molecule has 10 heteroatoms. The molecule has 3 atom stereocenters. The molecule has 0 aliphatic carbocycles. The van der Waals surface area contributed by atoms with Crippen molar-refractivity contribution in [1.29, 1.82) is 0 Å². The number of carbonyl (C=O) groups is 3. The maximum Gasteiger partial charge on any atom is 0.262 e. The van der Waals surface area contributed by atoms with Crippen molar-refractivity contribution in [1.82, 2.24) is 10.2 Å². The van der Waals surface area contributed by atoms with E-state index in [2.05, 4.69) is 5.32 Å². The molecule has 3 heterocycles. The fourth-order valence-corrected chi connectivity index (χ4v) is 5.40. The molecule has 0 radical (unpaired) electrons. The zero-order valence-electron chi connectivity index (χ0n) is 18.2. The monoisotopic (exact) mass is 518 g/mol. The van der Waals surface area contributed by atoms with Gasteiger partial charge in [-0.2, -0.15) is 27.0 Å². The third kappa shape index (κ3) is 5.10. The van der Waals surface area contributed by atoms with Crippen LogP contribution >= 0.6 is 38.3 Å². The Morgan fingerprint density at radius 2 is 1.88 bits per heavy atom. The predicted molar refractivity (Wildman–Crippen MR) is 141 cm³/mol. The Labute approximate surface area is 215 Å². The maximum absolute atomic E-state index is 13.5. The molecule has 5 rings (SSSR count). The zero-order chi connectivity index (χ0) is 22.2. The molecule has 0 unspecified atom stereocenters. The molecule has 180 valence electrons. The zero-order valence-corrected chi connectivity index (χ0v) is 21.0. The topological polar surface area (TPSA) is 95.9 Å². The van der Waals surface area contributed by atoms with Crippen LogP contribution in [0.2, 0.25) is 0 Å². The lowest BCUT2D eigenvalue weighted by Gasteiger charge is -2.27. The van der Waals surface area contributed by atoms with E-state index in [0.29, 0.717) is 17.8 Å². The summed E-state index contributed by atoms with van der Waals surface area (Å²) in [4.78, 5) is 41.0. The quantitative estimate of drug-likeness (QED) is 0.542. The molecule has 2 N–H and O–H groups in total. The number of fused-ring (bicyclic) bond motifs is 2. The van der Waals surface area contributed by atoms with Gasteiger partial charge in [0.1, 0.15) is 24.4 Å². The second-order valence-corrected chi connectivity index (χ2v) is 9.21. The van der Waals surface area contributed by atoms with E-state index in [4.69, 9.17) is 4.74 Å². The van der Waals surface area contributed by atoms with Crippen LogP contribution in [0.15, 0.2) is 54.6 Å². The molecule has 2 aromatic carbocycles. The van der Waals surface area contributed by atoms with Gasteiger partial charge in [-0.05, 0) is 41.6 Å². The third-order valence-corrected chi connectivity index (χ3v) is 7.14. The summed E-state index contributed by atoms with van der Waals surface area (Å²) in [5.41, 5.74) is 0.794. The SMILES string of the molecule is O=C(N[C@@H](Cc1ccc(O)cc1)C(=O)N1CC[C@H]2OCC(=O)[C@H]21)c1cc2ccccc2s1.S.S. The lowest BCUT2D eigenvalue weighted by molar-refractivity contribution is -0.138. The van der Waals surface area contributed by atoms with Crippen LogP contribution in [-0.2, 0) is 20.7 Å². The van der Waals surface area contributed by atoms with Gasteiger partial charge in [-0.3, -0.25) is 14.4 Å². The van der Waals surface area contributed by atoms with Gasteiger partial charge in [-0.25, -0.2) is 0 Å². The summed E-state index contributed by atoms with van der Waals surface area (Å²) in [6, 6.07) is 14.7. The molecule has 2 aliphatic heterocycles. The number of ether oxygens (including phenoxy) is 1. The minimum absolute atomic E-state index is 0. The van der Waals surface area contributed by atoms with Crippen LogP contribution in [0.5, 0.6) is 5.75 Å². The number of ketones is 1. The summed E-state index contributed by atoms with van der Waals surface area (Å²) in [6.07, 6.45) is 0.593. The van der Waals surface area contributed by atoms with Crippen LogP contribution in [0, 0.1) is 0 Å². The number of Topliss-reactive ketones (excluding diaryl/α,β-unsaturated/α-hetero) is 1. The molecule has 7 nitrogen and oxygen atoms in total. The molecule has 2 amide bonds. The second-order valence-electron chi connectivity index (χ2n) is 8.13. The Balaban J connectivity index is 0.00000162. The number of rotatable bonds is 5. The Morgan fingerprint density at radius 1 is 1.15 bits per heavy atom. The van der Waals surface area contributed by atoms with E-state index in [-0.39, 0.29) is 69.5 Å². The van der Waals surface area contributed by atoms with Gasteiger partial charge in [0.25, 0.3) is 5.91 Å². The van der Waals surface area contributed by atoms with Crippen molar-refractivity contribution in [3.05, 3.63) is 65.0 Å². The fourth-order valence-electron chi connectivity index (χ4n) is 4.43. The summed E-state index contributed by atoms with van der Waals surface area (Å²) < 4.78 is 6.50. The average molecular weight is 519 g/mol. The van der Waals surface area contributed by atoms with Crippen molar-refractivity contribution in [2.45, 2.75) is 31.0 Å². The number of phenolic OH excluding ortho intramolecular Hbond substituents is 1. The van der Waals surface area contributed by atoms with Gasteiger partial charge in [0.15, 0.2) is 5.78 Å². The highest BCUT2D eigenvalue weighted by Gasteiger charge is 2.48. The molecular weight excluding hydrogens is 492 g/mol. The van der Waals surface area contributed by atoms with Crippen LogP contribution < -0.4 is 5.32 Å². The summed E-state index contributed by atoms with van der Waals surface area (Å²) in [5, 5.41) is 13.4. The number of thiophene rings is 1. The Bertz CT molecular complexity index is 1160. The summed E-state index contributed by atoms with van der Waals surface area (Å²) in [6.45, 7) is 0.445. The number of aromatic hydroxyl groups is 1. The molecule has 2 fully saturated rings. The van der Waals surface area contributed by atoms with Gasteiger partial charge in [-0.1, -0.05) is 30.3 Å². The standard InChI is InChI=1S/C24H22N2O5S.2H2S/c27-16-7-5-14(6-8-16)11-17(24(30)26-10-9-19-22(26)18(28)13-31-19)25-23(29)21-12-15-3-1-2-4-20(15)32-21;;/h1-8,12,17,19,22,27H,9-11,13H2,(H,25,29);2*1H2/t17-,19+,22+;;/m0../s1. The molecule has 0 spiro atoms. The number of hydrogen-bond acceptors (Lipinski definition) is 6. The van der Waals surface area contributed by atoms with E-state index in [1.54, 1.807) is 29.2 Å². The van der Waals surface area contributed by atoms with Crippen LogP contribution in [0.1, 0.15) is 21.7 Å². The predicted octanol–water partition coefficient (Wildman–Crippen LogP) is 2.74. The Morgan fingerprint density at radius 3 is 2.62 bits per heavy atom. The minimum Gasteiger partial charge on any atom is -0.508 e. The average Bonchev–Trinajstić information content (AvgIpc) is 3.50. The molecule has 3 aromatic rings. The molecule has 1 aromatic heterocycles. The first-order chi connectivity index (χ1) is 15.5. The van der Waals surface area contributed by atoms with Gasteiger partial charge in [0.05, 0.1) is 11.0 Å². The van der Waals surface area contributed by atoms with Gasteiger partial charge < -0.3 is 20.1 Å². The van der Waals surface area contributed by atoms with Gasteiger partial charge >= 0.3 is 0 Å². The number of likely N-dealkylation sites (tertiary alicyclic amines) is 1. The van der Waals surface area contributed by atoms with Crippen LogP contribution in [0.3, 0.4) is 0 Å². The Hall–Kier alpha value is -2.53. The first-order valence-electron chi connectivity index (χ1n) is 10.5. The lowest BCUT2D eigenvalue weighted by Crippen LogP contribution is -2.53. The van der Waals surface area contributed by atoms with Crippen molar-refractivity contribution >= 4 is 66.0 Å². The third-order valence-electron chi connectivity index (χ3n) is 6.02. The van der Waals surface area contributed by atoms with Crippen molar-refractivity contribution in [3.63, 3.8) is 0 Å². The van der Waals surface area contributed by atoms with Gasteiger partial charge in [-0.15, -0.1) is 11.3 Å². The normalized spacial score (nSPS) is 19.8. The number of carbonyl (C=O) groups excluding carboxylic acids is 3. The van der Waals surface area contributed by atoms with E-state index in [0.717, 1.165) is 15.6 Å². The van der Waals surface area contributed by atoms with Crippen molar-refractivity contribution in [2.24, 2.45) is 0 Å². The van der Waals surface area contributed by atoms with E-state index in [1.807, 2.05) is 30.3 Å². The number of hydrogen-bond donors (Lipinski definition) is 2. The maximum atomic E-state index is 13.5. The van der Waals surface area contributed by atoms with E-state index < -0.39 is 12.1 Å². The highest BCUT2D eigenvalue weighted by molar-refractivity contribution is 7.59. The Kier molecular flexibility index (Phi) is 8.29. The van der Waals surface area contributed by atoms with Crippen LogP contribution in [0.25, 0.3) is 10.1 Å². The molecule has 2 saturated heterocycles. The number of amides is 2. The van der Waals surface area contributed by atoms with Gasteiger partial charge in [0, 0.05) is 17.7 Å².